The standard InChI is InChI=1S/C25H25FN4OS/c1-17-15-22(18(2)30(17)14-13-19-9-11-21(26)12-10-19)23(31)16-32-25-28-27-24(29(25)3)20-7-5-4-6-8-20/h4-12,15H,13-14,16H2,1-3H3. The van der Waals surface area contributed by atoms with Gasteiger partial charge in [-0.05, 0) is 44.0 Å². The molecule has 7 heteroatoms. The van der Waals surface area contributed by atoms with Crippen LogP contribution in [0.15, 0.2) is 65.8 Å². The van der Waals surface area contributed by atoms with E-state index in [0.29, 0.717) is 10.9 Å². The first-order valence-corrected chi connectivity index (χ1v) is 11.4. The van der Waals surface area contributed by atoms with Crippen molar-refractivity contribution in [2.45, 2.75) is 32.0 Å². The lowest BCUT2D eigenvalue weighted by Gasteiger charge is -2.10. The Morgan fingerprint density at radius 3 is 2.47 bits per heavy atom. The molecular formula is C25H25FN4OS. The zero-order valence-electron chi connectivity index (χ0n) is 18.4. The predicted molar refractivity (Wildman–Crippen MR) is 126 cm³/mol. The molecular weight excluding hydrogens is 423 g/mol. The molecule has 0 saturated carbocycles. The third kappa shape index (κ3) is 4.67. The minimum atomic E-state index is -0.230. The Bertz CT molecular complexity index is 1230. The Kier molecular flexibility index (Phi) is 6.55. The number of nitrogens with zero attached hydrogens (tertiary/aromatic N) is 4. The van der Waals surface area contributed by atoms with Gasteiger partial charge in [0, 0.05) is 36.1 Å². The fourth-order valence-corrected chi connectivity index (χ4v) is 4.60. The van der Waals surface area contributed by atoms with E-state index >= 15 is 0 Å². The molecule has 0 aliphatic rings. The molecule has 0 aliphatic heterocycles. The highest BCUT2D eigenvalue weighted by Gasteiger charge is 2.18. The van der Waals surface area contributed by atoms with Gasteiger partial charge in [0.1, 0.15) is 5.82 Å². The van der Waals surface area contributed by atoms with Crippen LogP contribution in [0.1, 0.15) is 27.3 Å². The van der Waals surface area contributed by atoms with Crippen LogP contribution in [0.2, 0.25) is 0 Å². The van der Waals surface area contributed by atoms with Crippen molar-refractivity contribution >= 4 is 17.5 Å². The first kappa shape index (κ1) is 22.0. The highest BCUT2D eigenvalue weighted by Crippen LogP contribution is 2.24. The van der Waals surface area contributed by atoms with E-state index in [0.717, 1.165) is 46.9 Å². The van der Waals surface area contributed by atoms with E-state index in [1.807, 2.05) is 61.9 Å². The maximum atomic E-state index is 13.1. The van der Waals surface area contributed by atoms with E-state index in [2.05, 4.69) is 14.8 Å². The normalized spacial score (nSPS) is 11.1. The van der Waals surface area contributed by atoms with E-state index < -0.39 is 0 Å². The molecule has 5 nitrogen and oxygen atoms in total. The van der Waals surface area contributed by atoms with Gasteiger partial charge in [-0.1, -0.05) is 54.2 Å². The number of aryl methyl sites for hydroxylation is 2. The van der Waals surface area contributed by atoms with Crippen LogP contribution in [0.5, 0.6) is 0 Å². The molecule has 0 spiro atoms. The molecule has 2 aromatic heterocycles. The molecule has 32 heavy (non-hydrogen) atoms. The van der Waals surface area contributed by atoms with Crippen molar-refractivity contribution in [3.8, 4) is 11.4 Å². The van der Waals surface area contributed by atoms with Crippen LogP contribution in [-0.4, -0.2) is 30.9 Å². The van der Waals surface area contributed by atoms with Crippen LogP contribution in [-0.2, 0) is 20.0 Å². The predicted octanol–water partition coefficient (Wildman–Crippen LogP) is 5.26. The number of hydrogen-bond acceptors (Lipinski definition) is 4. The first-order valence-electron chi connectivity index (χ1n) is 10.5. The number of hydrogen-bond donors (Lipinski definition) is 0. The second-order valence-corrected chi connectivity index (χ2v) is 8.70. The number of carbonyl (C=O) groups is 1. The van der Waals surface area contributed by atoms with Gasteiger partial charge in [0.25, 0.3) is 0 Å². The van der Waals surface area contributed by atoms with Crippen LogP contribution >= 0.6 is 11.8 Å². The molecule has 0 unspecified atom stereocenters. The molecule has 0 radical (unpaired) electrons. The maximum Gasteiger partial charge on any atom is 0.191 e. The average Bonchev–Trinajstić information content (AvgIpc) is 3.31. The number of aromatic nitrogens is 4. The number of ketones is 1. The van der Waals surface area contributed by atoms with Gasteiger partial charge in [0.15, 0.2) is 16.8 Å². The lowest BCUT2D eigenvalue weighted by molar-refractivity contribution is 0.102. The van der Waals surface area contributed by atoms with Gasteiger partial charge in [-0.25, -0.2) is 4.39 Å². The van der Waals surface area contributed by atoms with E-state index in [1.54, 1.807) is 12.1 Å². The number of benzene rings is 2. The van der Waals surface area contributed by atoms with E-state index in [-0.39, 0.29) is 11.6 Å². The second-order valence-electron chi connectivity index (χ2n) is 7.76. The van der Waals surface area contributed by atoms with Crippen molar-refractivity contribution < 1.29 is 9.18 Å². The van der Waals surface area contributed by atoms with E-state index in [1.165, 1.54) is 23.9 Å². The monoisotopic (exact) mass is 448 g/mol. The SMILES string of the molecule is Cc1cc(C(=O)CSc2nnc(-c3ccccc3)n2C)c(C)n1CCc1ccc(F)cc1. The summed E-state index contributed by atoms with van der Waals surface area (Å²) >= 11 is 1.40. The van der Waals surface area contributed by atoms with Crippen molar-refractivity contribution in [1.29, 1.82) is 0 Å². The summed E-state index contributed by atoms with van der Waals surface area (Å²) in [5, 5.41) is 9.26. The van der Waals surface area contributed by atoms with Crippen LogP contribution in [0.3, 0.4) is 0 Å². The van der Waals surface area contributed by atoms with Crippen LogP contribution in [0.25, 0.3) is 11.4 Å². The molecule has 0 atom stereocenters. The third-order valence-corrected chi connectivity index (χ3v) is 6.63. The molecule has 4 aromatic rings. The average molecular weight is 449 g/mol. The van der Waals surface area contributed by atoms with Crippen LogP contribution < -0.4 is 0 Å². The Balaban J connectivity index is 1.42. The molecule has 0 amide bonds. The van der Waals surface area contributed by atoms with Gasteiger partial charge in [-0.2, -0.15) is 0 Å². The van der Waals surface area contributed by atoms with Crippen molar-refractivity contribution in [1.82, 2.24) is 19.3 Å². The molecule has 0 aliphatic carbocycles. The van der Waals surface area contributed by atoms with E-state index in [4.69, 9.17) is 0 Å². The lowest BCUT2D eigenvalue weighted by Crippen LogP contribution is -2.08. The van der Waals surface area contributed by atoms with Gasteiger partial charge < -0.3 is 9.13 Å². The summed E-state index contributed by atoms with van der Waals surface area (Å²) in [4.78, 5) is 13.0. The summed E-state index contributed by atoms with van der Waals surface area (Å²) in [5.41, 5.74) is 4.80. The molecule has 0 saturated heterocycles. The van der Waals surface area contributed by atoms with Gasteiger partial charge in [0.2, 0.25) is 0 Å². The number of thioether (sulfide) groups is 1. The summed E-state index contributed by atoms with van der Waals surface area (Å²) < 4.78 is 17.2. The zero-order valence-corrected chi connectivity index (χ0v) is 19.2. The fraction of sp³-hybridized carbons (Fsp3) is 0.240. The first-order chi connectivity index (χ1) is 15.4. The Hall–Kier alpha value is -3.19. The zero-order chi connectivity index (χ0) is 22.7. The third-order valence-electron chi connectivity index (χ3n) is 5.61. The van der Waals surface area contributed by atoms with Gasteiger partial charge in [-0.15, -0.1) is 10.2 Å². The highest BCUT2D eigenvalue weighted by atomic mass is 32.2. The molecule has 2 heterocycles. The lowest BCUT2D eigenvalue weighted by atomic mass is 10.1. The van der Waals surface area contributed by atoms with Crippen LogP contribution in [0, 0.1) is 19.7 Å². The topological polar surface area (TPSA) is 52.7 Å². The molecule has 2 aromatic carbocycles. The second kappa shape index (κ2) is 9.53. The van der Waals surface area contributed by atoms with Crippen molar-refractivity contribution in [2.75, 3.05) is 5.75 Å². The smallest absolute Gasteiger partial charge is 0.191 e. The van der Waals surface area contributed by atoms with E-state index in [9.17, 15) is 9.18 Å². The number of halogens is 1. The van der Waals surface area contributed by atoms with Gasteiger partial charge in [-0.3, -0.25) is 4.79 Å². The fourth-order valence-electron chi connectivity index (χ4n) is 3.81. The number of rotatable bonds is 8. The maximum absolute atomic E-state index is 13.1. The quantitative estimate of drug-likeness (QED) is 0.273. The van der Waals surface area contributed by atoms with Gasteiger partial charge >= 0.3 is 0 Å². The summed E-state index contributed by atoms with van der Waals surface area (Å²) in [5.74, 6) is 0.911. The Labute approximate surface area is 191 Å². The Morgan fingerprint density at radius 2 is 1.75 bits per heavy atom. The molecule has 164 valence electrons. The van der Waals surface area contributed by atoms with Crippen molar-refractivity contribution in [3.63, 3.8) is 0 Å². The summed E-state index contributed by atoms with van der Waals surface area (Å²) in [6.07, 6.45) is 0.778. The van der Waals surface area contributed by atoms with Crippen molar-refractivity contribution in [2.24, 2.45) is 7.05 Å². The largest absolute Gasteiger partial charge is 0.348 e. The number of Topliss-reactive ketones (excluding diaryl/α,β-unsaturated/α-hetero) is 1. The highest BCUT2D eigenvalue weighted by molar-refractivity contribution is 7.99. The molecule has 0 N–H and O–H groups in total. The molecule has 0 fully saturated rings. The minimum absolute atomic E-state index is 0.0698. The van der Waals surface area contributed by atoms with Crippen LogP contribution in [0.4, 0.5) is 4.39 Å². The molecule has 4 rings (SSSR count). The number of carbonyl (C=O) groups excluding carboxylic acids is 1. The minimum Gasteiger partial charge on any atom is -0.348 e. The molecule has 0 bridgehead atoms. The summed E-state index contributed by atoms with van der Waals surface area (Å²) in [6.45, 7) is 4.73. The summed E-state index contributed by atoms with van der Waals surface area (Å²) in [7, 11) is 1.91. The Morgan fingerprint density at radius 1 is 1.03 bits per heavy atom. The summed E-state index contributed by atoms with van der Waals surface area (Å²) in [6, 6.07) is 18.4. The van der Waals surface area contributed by atoms with Crippen molar-refractivity contribution in [3.05, 3.63) is 89.0 Å². The van der Waals surface area contributed by atoms with Gasteiger partial charge in [0.05, 0.1) is 5.75 Å².